The molecule has 0 bridgehead atoms. The van der Waals surface area contributed by atoms with E-state index >= 15 is 0 Å². The number of imide groups is 1. The number of rotatable bonds is 7. The SMILES string of the molecule is Nn1c(COc2ccccc2F)nnc1SCC(=O)NC(=O)NC1CCCCC1. The summed E-state index contributed by atoms with van der Waals surface area (Å²) in [6, 6.07) is 5.61. The van der Waals surface area contributed by atoms with E-state index in [-0.39, 0.29) is 35.1 Å². The molecule has 3 rings (SSSR count). The summed E-state index contributed by atoms with van der Waals surface area (Å²) in [5.41, 5.74) is 0. The van der Waals surface area contributed by atoms with Crippen molar-refractivity contribution < 1.29 is 18.7 Å². The lowest BCUT2D eigenvalue weighted by atomic mass is 9.96. The number of thioether (sulfide) groups is 1. The molecule has 0 radical (unpaired) electrons. The number of nitrogens with zero attached hydrogens (tertiary/aromatic N) is 3. The summed E-state index contributed by atoms with van der Waals surface area (Å²) in [6.45, 7) is -0.0824. The minimum absolute atomic E-state index is 0.0540. The minimum Gasteiger partial charge on any atom is -0.482 e. The van der Waals surface area contributed by atoms with E-state index in [0.29, 0.717) is 0 Å². The normalized spacial score (nSPS) is 14.4. The predicted octanol–water partition coefficient (Wildman–Crippen LogP) is 1.96. The van der Waals surface area contributed by atoms with Crippen molar-refractivity contribution in [3.63, 3.8) is 0 Å². The zero-order chi connectivity index (χ0) is 20.6. The fourth-order valence-electron chi connectivity index (χ4n) is 2.97. The number of hydrogen-bond donors (Lipinski definition) is 3. The Morgan fingerprint density at radius 2 is 2.00 bits per heavy atom. The summed E-state index contributed by atoms with van der Waals surface area (Å²) in [6.07, 6.45) is 5.23. The molecule has 1 saturated carbocycles. The molecule has 0 unspecified atom stereocenters. The van der Waals surface area contributed by atoms with Gasteiger partial charge in [0.05, 0.1) is 5.75 Å². The van der Waals surface area contributed by atoms with Gasteiger partial charge in [-0.25, -0.2) is 13.9 Å². The molecular formula is C18H23FN6O3S. The van der Waals surface area contributed by atoms with Crippen LogP contribution in [0.3, 0.4) is 0 Å². The highest BCUT2D eigenvalue weighted by Crippen LogP contribution is 2.19. The molecule has 9 nitrogen and oxygen atoms in total. The van der Waals surface area contributed by atoms with Gasteiger partial charge in [0.2, 0.25) is 11.1 Å². The number of ether oxygens (including phenoxy) is 1. The summed E-state index contributed by atoms with van der Waals surface area (Å²) in [5.74, 6) is 5.24. The Morgan fingerprint density at radius 3 is 2.76 bits per heavy atom. The highest BCUT2D eigenvalue weighted by molar-refractivity contribution is 7.99. The Morgan fingerprint density at radius 1 is 1.24 bits per heavy atom. The van der Waals surface area contributed by atoms with Crippen molar-refractivity contribution in [3.8, 4) is 5.75 Å². The van der Waals surface area contributed by atoms with E-state index in [9.17, 15) is 14.0 Å². The molecule has 0 spiro atoms. The number of nitrogens with two attached hydrogens (primary N) is 1. The molecule has 11 heteroatoms. The number of urea groups is 1. The lowest BCUT2D eigenvalue weighted by Gasteiger charge is -2.22. The molecule has 2 aromatic rings. The number of nitrogen functional groups attached to an aromatic ring is 1. The van der Waals surface area contributed by atoms with E-state index < -0.39 is 17.8 Å². The molecule has 3 amide bonds. The average molecular weight is 422 g/mol. The van der Waals surface area contributed by atoms with Gasteiger partial charge in [-0.05, 0) is 25.0 Å². The van der Waals surface area contributed by atoms with Crippen LogP contribution in [0.1, 0.15) is 37.9 Å². The lowest BCUT2D eigenvalue weighted by molar-refractivity contribution is -0.117. The zero-order valence-electron chi connectivity index (χ0n) is 15.8. The third kappa shape index (κ3) is 6.08. The topological polar surface area (TPSA) is 124 Å². The van der Waals surface area contributed by atoms with Crippen molar-refractivity contribution in [1.82, 2.24) is 25.5 Å². The van der Waals surface area contributed by atoms with Gasteiger partial charge in [-0.3, -0.25) is 10.1 Å². The van der Waals surface area contributed by atoms with E-state index in [2.05, 4.69) is 20.8 Å². The van der Waals surface area contributed by atoms with Gasteiger partial charge in [0.25, 0.3) is 0 Å². The summed E-state index contributed by atoms with van der Waals surface area (Å²) in [4.78, 5) is 23.9. The molecule has 0 atom stereocenters. The predicted molar refractivity (Wildman–Crippen MR) is 105 cm³/mol. The Labute approximate surface area is 171 Å². The van der Waals surface area contributed by atoms with Crippen LogP contribution in [0.2, 0.25) is 0 Å². The van der Waals surface area contributed by atoms with Gasteiger partial charge in [-0.1, -0.05) is 43.2 Å². The smallest absolute Gasteiger partial charge is 0.321 e. The molecule has 0 saturated heterocycles. The Hall–Kier alpha value is -2.82. The maximum Gasteiger partial charge on any atom is 0.321 e. The van der Waals surface area contributed by atoms with E-state index in [4.69, 9.17) is 10.6 Å². The number of carbonyl (C=O) groups is 2. The first kappa shape index (κ1) is 20.9. The molecular weight excluding hydrogens is 399 g/mol. The Balaban J connectivity index is 1.44. The summed E-state index contributed by atoms with van der Waals surface area (Å²) in [7, 11) is 0. The second-order valence-electron chi connectivity index (χ2n) is 6.63. The van der Waals surface area contributed by atoms with Crippen LogP contribution < -0.4 is 21.2 Å². The number of carbonyl (C=O) groups excluding carboxylic acids is 2. The first-order chi connectivity index (χ1) is 14.0. The first-order valence-electron chi connectivity index (χ1n) is 9.33. The number of halogens is 1. The minimum atomic E-state index is -0.492. The van der Waals surface area contributed by atoms with Crippen molar-refractivity contribution in [2.24, 2.45) is 0 Å². The van der Waals surface area contributed by atoms with E-state index in [0.717, 1.165) is 37.4 Å². The maximum absolute atomic E-state index is 13.6. The molecule has 1 aromatic carbocycles. The molecule has 1 heterocycles. The molecule has 1 fully saturated rings. The first-order valence-corrected chi connectivity index (χ1v) is 10.3. The molecule has 4 N–H and O–H groups in total. The van der Waals surface area contributed by atoms with Gasteiger partial charge in [-0.2, -0.15) is 0 Å². The Bertz CT molecular complexity index is 856. The van der Waals surface area contributed by atoms with Gasteiger partial charge in [0.15, 0.2) is 17.4 Å². The lowest BCUT2D eigenvalue weighted by Crippen LogP contribution is -2.45. The molecule has 156 valence electrons. The quantitative estimate of drug-likeness (QED) is 0.460. The van der Waals surface area contributed by atoms with Gasteiger partial charge in [-0.15, -0.1) is 10.2 Å². The number of aromatic nitrogens is 3. The number of amides is 3. The van der Waals surface area contributed by atoms with Gasteiger partial charge in [0.1, 0.15) is 6.61 Å². The number of para-hydroxylation sites is 1. The number of nitrogens with one attached hydrogen (secondary N) is 2. The van der Waals surface area contributed by atoms with E-state index in [1.54, 1.807) is 12.1 Å². The van der Waals surface area contributed by atoms with Crippen LogP contribution in [0.25, 0.3) is 0 Å². The monoisotopic (exact) mass is 422 g/mol. The van der Waals surface area contributed by atoms with Crippen molar-refractivity contribution in [2.45, 2.75) is 49.9 Å². The highest BCUT2D eigenvalue weighted by Gasteiger charge is 2.18. The standard InChI is InChI=1S/C18H23FN6O3S/c19-13-8-4-5-9-14(13)28-10-15-23-24-18(25(15)20)29-11-16(26)22-17(27)21-12-6-2-1-3-7-12/h4-5,8-9,12H,1-3,6-7,10-11,20H2,(H2,21,22,26,27). The van der Waals surface area contributed by atoms with Gasteiger partial charge >= 0.3 is 6.03 Å². The van der Waals surface area contributed by atoms with Gasteiger partial charge < -0.3 is 15.9 Å². The van der Waals surface area contributed by atoms with Crippen LogP contribution in [0, 0.1) is 5.82 Å². The summed E-state index contributed by atoms with van der Waals surface area (Å²) < 4.78 is 20.1. The fourth-order valence-corrected chi connectivity index (χ4v) is 3.64. The Kier molecular flexibility index (Phi) is 7.28. The zero-order valence-corrected chi connectivity index (χ0v) is 16.6. The summed E-state index contributed by atoms with van der Waals surface area (Å²) in [5, 5.41) is 13.2. The highest BCUT2D eigenvalue weighted by atomic mass is 32.2. The van der Waals surface area contributed by atoms with Crippen molar-refractivity contribution in [1.29, 1.82) is 0 Å². The van der Waals surface area contributed by atoms with Crippen molar-refractivity contribution in [3.05, 3.63) is 35.9 Å². The molecule has 29 heavy (non-hydrogen) atoms. The fraction of sp³-hybridized carbons (Fsp3) is 0.444. The van der Waals surface area contributed by atoms with Crippen LogP contribution in [-0.4, -0.2) is 38.6 Å². The van der Waals surface area contributed by atoms with Crippen molar-refractivity contribution in [2.75, 3.05) is 11.6 Å². The largest absolute Gasteiger partial charge is 0.482 e. The second kappa shape index (κ2) is 10.1. The number of benzene rings is 1. The molecule has 0 aliphatic heterocycles. The molecule has 1 aromatic heterocycles. The van der Waals surface area contributed by atoms with Crippen LogP contribution in [0.15, 0.2) is 29.4 Å². The van der Waals surface area contributed by atoms with Crippen LogP contribution in [0.5, 0.6) is 5.75 Å². The van der Waals surface area contributed by atoms with E-state index in [1.165, 1.54) is 23.2 Å². The number of hydrogen-bond acceptors (Lipinski definition) is 7. The van der Waals surface area contributed by atoms with Crippen LogP contribution >= 0.6 is 11.8 Å². The molecule has 1 aliphatic carbocycles. The second-order valence-corrected chi connectivity index (χ2v) is 7.58. The maximum atomic E-state index is 13.6. The molecule has 1 aliphatic rings. The third-order valence-electron chi connectivity index (χ3n) is 4.45. The van der Waals surface area contributed by atoms with E-state index in [1.807, 2.05) is 0 Å². The third-order valence-corrected chi connectivity index (χ3v) is 5.40. The van der Waals surface area contributed by atoms with Crippen LogP contribution in [0.4, 0.5) is 9.18 Å². The van der Waals surface area contributed by atoms with Crippen molar-refractivity contribution >= 4 is 23.7 Å². The van der Waals surface area contributed by atoms with Crippen LogP contribution in [-0.2, 0) is 11.4 Å². The van der Waals surface area contributed by atoms with Gasteiger partial charge in [0, 0.05) is 6.04 Å². The summed E-state index contributed by atoms with van der Waals surface area (Å²) >= 11 is 1.03. The average Bonchev–Trinajstić information content (AvgIpc) is 3.06.